The van der Waals surface area contributed by atoms with Crippen molar-refractivity contribution in [1.82, 2.24) is 0 Å². The minimum atomic E-state index is -0.566. The van der Waals surface area contributed by atoms with Gasteiger partial charge < -0.3 is 15.2 Å². The first-order valence-corrected chi connectivity index (χ1v) is 7.71. The van der Waals surface area contributed by atoms with E-state index in [4.69, 9.17) is 4.74 Å². The van der Waals surface area contributed by atoms with Crippen molar-refractivity contribution in [1.29, 1.82) is 0 Å². The second-order valence-corrected chi connectivity index (χ2v) is 6.04. The van der Waals surface area contributed by atoms with Crippen LogP contribution in [0.2, 0.25) is 0 Å². The minimum Gasteiger partial charge on any atom is -0.491 e. The number of ether oxygens (including phenoxy) is 1. The summed E-state index contributed by atoms with van der Waals surface area (Å²) in [4.78, 5) is 0. The highest BCUT2D eigenvalue weighted by Crippen LogP contribution is 2.19. The van der Waals surface area contributed by atoms with Crippen LogP contribution in [0.25, 0.3) is 0 Å². The molecule has 0 bridgehead atoms. The van der Waals surface area contributed by atoms with Gasteiger partial charge >= 0.3 is 0 Å². The van der Waals surface area contributed by atoms with Crippen LogP contribution in [0.1, 0.15) is 11.1 Å². The Hall–Kier alpha value is -1.52. The normalized spacial score (nSPS) is 12.0. The lowest BCUT2D eigenvalue weighted by Gasteiger charge is -2.15. The van der Waals surface area contributed by atoms with E-state index < -0.39 is 6.10 Å². The average molecular weight is 350 g/mol. The quantitative estimate of drug-likeness (QED) is 0.830. The summed E-state index contributed by atoms with van der Waals surface area (Å²) in [6, 6.07) is 13.9. The topological polar surface area (TPSA) is 41.5 Å². The summed E-state index contributed by atoms with van der Waals surface area (Å²) in [6.45, 7) is 4.74. The predicted molar refractivity (Wildman–Crippen MR) is 90.0 cm³/mol. The zero-order chi connectivity index (χ0) is 15.2. The fraction of sp³-hybridized carbons (Fsp3) is 0.294. The van der Waals surface area contributed by atoms with E-state index in [0.29, 0.717) is 6.54 Å². The highest BCUT2D eigenvalue weighted by atomic mass is 79.9. The van der Waals surface area contributed by atoms with Crippen LogP contribution < -0.4 is 10.1 Å². The highest BCUT2D eigenvalue weighted by Gasteiger charge is 2.07. The molecular formula is C17H20BrNO2. The molecule has 0 heterocycles. The Labute approximate surface area is 134 Å². The van der Waals surface area contributed by atoms with Crippen LogP contribution in [0.15, 0.2) is 46.9 Å². The molecular weight excluding hydrogens is 330 g/mol. The van der Waals surface area contributed by atoms with Crippen LogP contribution in [0.4, 0.5) is 5.69 Å². The number of benzene rings is 2. The first kappa shape index (κ1) is 15.9. The fourth-order valence-corrected chi connectivity index (χ4v) is 2.34. The van der Waals surface area contributed by atoms with E-state index in [1.165, 1.54) is 0 Å². The summed E-state index contributed by atoms with van der Waals surface area (Å²) in [5.74, 6) is 0.830. The SMILES string of the molecule is Cc1ccc(C)c(OCC(O)CNc2cccc(Br)c2)c1. The fourth-order valence-electron chi connectivity index (χ4n) is 1.94. The van der Waals surface area contributed by atoms with Crippen molar-refractivity contribution in [3.8, 4) is 5.75 Å². The molecule has 0 saturated carbocycles. The number of anilines is 1. The van der Waals surface area contributed by atoms with E-state index in [9.17, 15) is 5.11 Å². The van der Waals surface area contributed by atoms with Gasteiger partial charge in [0.1, 0.15) is 18.5 Å². The molecule has 2 aromatic rings. The lowest BCUT2D eigenvalue weighted by Crippen LogP contribution is -2.26. The Balaban J connectivity index is 1.82. The third-order valence-electron chi connectivity index (χ3n) is 3.14. The number of halogens is 1. The van der Waals surface area contributed by atoms with Gasteiger partial charge in [0.05, 0.1) is 0 Å². The van der Waals surface area contributed by atoms with Crippen molar-refractivity contribution in [2.24, 2.45) is 0 Å². The molecule has 0 amide bonds. The molecule has 0 aromatic heterocycles. The van der Waals surface area contributed by atoms with E-state index in [1.54, 1.807) is 0 Å². The number of nitrogens with one attached hydrogen (secondary N) is 1. The lowest BCUT2D eigenvalue weighted by molar-refractivity contribution is 0.117. The van der Waals surface area contributed by atoms with Gasteiger partial charge in [-0.2, -0.15) is 0 Å². The largest absolute Gasteiger partial charge is 0.491 e. The molecule has 2 aromatic carbocycles. The lowest BCUT2D eigenvalue weighted by atomic mass is 10.1. The van der Waals surface area contributed by atoms with Gasteiger partial charge in [0.15, 0.2) is 0 Å². The van der Waals surface area contributed by atoms with Gasteiger partial charge in [-0.15, -0.1) is 0 Å². The molecule has 1 atom stereocenters. The van der Waals surface area contributed by atoms with Gasteiger partial charge in [-0.25, -0.2) is 0 Å². The summed E-state index contributed by atoms with van der Waals surface area (Å²) in [6.07, 6.45) is -0.566. The van der Waals surface area contributed by atoms with Gasteiger partial charge in [-0.1, -0.05) is 34.1 Å². The molecule has 2 N–H and O–H groups in total. The molecule has 2 rings (SSSR count). The van der Waals surface area contributed by atoms with Gasteiger partial charge in [0.25, 0.3) is 0 Å². The summed E-state index contributed by atoms with van der Waals surface area (Å²) in [5.41, 5.74) is 3.19. The molecule has 0 aliphatic carbocycles. The first-order valence-electron chi connectivity index (χ1n) is 6.92. The number of aliphatic hydroxyl groups is 1. The average Bonchev–Trinajstić information content (AvgIpc) is 2.46. The predicted octanol–water partition coefficient (Wildman–Crippen LogP) is 3.92. The molecule has 4 heteroatoms. The van der Waals surface area contributed by atoms with Crippen molar-refractivity contribution in [3.05, 3.63) is 58.1 Å². The van der Waals surface area contributed by atoms with Gasteiger partial charge in [-0.3, -0.25) is 0 Å². The number of aryl methyl sites for hydroxylation is 2. The monoisotopic (exact) mass is 349 g/mol. The van der Waals surface area contributed by atoms with Crippen molar-refractivity contribution >= 4 is 21.6 Å². The maximum atomic E-state index is 10.0. The summed E-state index contributed by atoms with van der Waals surface area (Å²) in [7, 11) is 0. The standard InChI is InChI=1S/C17H20BrNO2/c1-12-6-7-13(2)17(8-12)21-11-16(20)10-19-15-5-3-4-14(18)9-15/h3-9,16,19-20H,10-11H2,1-2H3. The Kier molecular flexibility index (Phi) is 5.65. The van der Waals surface area contributed by atoms with Gasteiger partial charge in [0, 0.05) is 16.7 Å². The molecule has 0 fully saturated rings. The number of aliphatic hydroxyl groups excluding tert-OH is 1. The number of hydrogen-bond donors (Lipinski definition) is 2. The Morgan fingerprint density at radius 3 is 2.76 bits per heavy atom. The van der Waals surface area contributed by atoms with Crippen molar-refractivity contribution < 1.29 is 9.84 Å². The molecule has 112 valence electrons. The Morgan fingerprint density at radius 2 is 2.00 bits per heavy atom. The third-order valence-corrected chi connectivity index (χ3v) is 3.63. The molecule has 0 spiro atoms. The molecule has 0 aliphatic rings. The molecule has 21 heavy (non-hydrogen) atoms. The first-order chi connectivity index (χ1) is 10.0. The molecule has 0 aliphatic heterocycles. The summed E-state index contributed by atoms with van der Waals surface area (Å²) >= 11 is 3.42. The van der Waals surface area contributed by atoms with E-state index >= 15 is 0 Å². The smallest absolute Gasteiger partial charge is 0.122 e. The van der Waals surface area contributed by atoms with E-state index in [0.717, 1.165) is 27.0 Å². The maximum absolute atomic E-state index is 10.0. The summed E-state index contributed by atoms with van der Waals surface area (Å²) < 4.78 is 6.70. The van der Waals surface area contributed by atoms with E-state index in [1.807, 2.05) is 56.3 Å². The maximum Gasteiger partial charge on any atom is 0.122 e. The van der Waals surface area contributed by atoms with Crippen LogP contribution in [-0.2, 0) is 0 Å². The molecule has 3 nitrogen and oxygen atoms in total. The zero-order valence-electron chi connectivity index (χ0n) is 12.3. The van der Waals surface area contributed by atoms with Crippen LogP contribution in [-0.4, -0.2) is 24.4 Å². The molecule has 0 radical (unpaired) electrons. The second kappa shape index (κ2) is 7.48. The van der Waals surface area contributed by atoms with Gasteiger partial charge in [0.2, 0.25) is 0 Å². The van der Waals surface area contributed by atoms with Crippen molar-refractivity contribution in [3.63, 3.8) is 0 Å². The molecule has 0 saturated heterocycles. The van der Waals surface area contributed by atoms with Crippen molar-refractivity contribution in [2.75, 3.05) is 18.5 Å². The van der Waals surface area contributed by atoms with Crippen LogP contribution in [0.5, 0.6) is 5.75 Å². The third kappa shape index (κ3) is 5.06. The number of rotatable bonds is 6. The Bertz CT molecular complexity index is 601. The van der Waals surface area contributed by atoms with E-state index in [2.05, 4.69) is 21.2 Å². The van der Waals surface area contributed by atoms with Crippen LogP contribution in [0, 0.1) is 13.8 Å². The minimum absolute atomic E-state index is 0.269. The van der Waals surface area contributed by atoms with Crippen LogP contribution in [0.3, 0.4) is 0 Å². The van der Waals surface area contributed by atoms with Crippen molar-refractivity contribution in [2.45, 2.75) is 20.0 Å². The van der Waals surface area contributed by atoms with Gasteiger partial charge in [-0.05, 0) is 49.2 Å². The number of hydrogen-bond acceptors (Lipinski definition) is 3. The Morgan fingerprint density at radius 1 is 1.19 bits per heavy atom. The zero-order valence-corrected chi connectivity index (χ0v) is 13.9. The highest BCUT2D eigenvalue weighted by molar-refractivity contribution is 9.10. The van der Waals surface area contributed by atoms with Crippen LogP contribution >= 0.6 is 15.9 Å². The van der Waals surface area contributed by atoms with E-state index in [-0.39, 0.29) is 6.61 Å². The summed E-state index contributed by atoms with van der Waals surface area (Å²) in [5, 5.41) is 13.2. The second-order valence-electron chi connectivity index (χ2n) is 5.13. The molecule has 1 unspecified atom stereocenters.